The Bertz CT molecular complexity index is 536. The van der Waals surface area contributed by atoms with Gasteiger partial charge in [0.05, 0.1) is 17.2 Å². The molecule has 0 bridgehead atoms. The van der Waals surface area contributed by atoms with Crippen LogP contribution in [0.5, 0.6) is 0 Å². The molecule has 0 saturated heterocycles. The molecule has 1 rings (SSSR count). The normalized spacial score (nSPS) is 14.5. The number of hydrogen-bond acceptors (Lipinski definition) is 4. The van der Waals surface area contributed by atoms with Gasteiger partial charge < -0.3 is 15.3 Å². The van der Waals surface area contributed by atoms with Crippen molar-refractivity contribution in [3.63, 3.8) is 0 Å². The van der Waals surface area contributed by atoms with Gasteiger partial charge in [-0.3, -0.25) is 0 Å². The van der Waals surface area contributed by atoms with Gasteiger partial charge in [0.25, 0.3) is 0 Å². The molecule has 8 heteroatoms. The number of benzene rings is 1. The summed E-state index contributed by atoms with van der Waals surface area (Å²) in [6.07, 6.45) is -9.53. The van der Waals surface area contributed by atoms with E-state index in [1.807, 2.05) is 0 Å². The van der Waals surface area contributed by atoms with Crippen molar-refractivity contribution in [2.45, 2.75) is 18.4 Å². The van der Waals surface area contributed by atoms with Gasteiger partial charge in [-0.1, -0.05) is 6.07 Å². The number of halogens is 3. The molecule has 0 radical (unpaired) electrons. The second-order valence-electron chi connectivity index (χ2n) is 3.64. The minimum atomic E-state index is -4.89. The number of hydrogen-bond donors (Lipinski definition) is 3. The third-order valence-electron chi connectivity index (χ3n) is 2.36. The van der Waals surface area contributed by atoms with E-state index in [1.54, 1.807) is 0 Å². The van der Waals surface area contributed by atoms with E-state index < -0.39 is 35.5 Å². The Hall–Kier alpha value is -2.11. The molecule has 0 spiro atoms. The number of rotatable bonds is 3. The maximum Gasteiger partial charge on any atom is 0.416 e. The molecule has 5 nitrogen and oxygen atoms in total. The number of nitrogens with zero attached hydrogens (tertiary/aromatic N) is 1. The van der Waals surface area contributed by atoms with Crippen molar-refractivity contribution in [3.8, 4) is 6.07 Å². The van der Waals surface area contributed by atoms with Gasteiger partial charge in [-0.15, -0.1) is 0 Å². The average Bonchev–Trinajstić information content (AvgIpc) is 2.35. The van der Waals surface area contributed by atoms with E-state index in [4.69, 9.17) is 15.5 Å². The lowest BCUT2D eigenvalue weighted by Crippen LogP contribution is -2.29. The van der Waals surface area contributed by atoms with Crippen LogP contribution < -0.4 is 0 Å². The average molecular weight is 275 g/mol. The van der Waals surface area contributed by atoms with Crippen LogP contribution in [0, 0.1) is 11.3 Å². The molecule has 0 aromatic heterocycles. The molecule has 0 heterocycles. The van der Waals surface area contributed by atoms with E-state index in [-0.39, 0.29) is 5.56 Å². The lowest BCUT2D eigenvalue weighted by molar-refractivity contribution is -0.155. The van der Waals surface area contributed by atoms with Crippen LogP contribution in [0.15, 0.2) is 18.2 Å². The molecule has 0 aliphatic carbocycles. The van der Waals surface area contributed by atoms with Gasteiger partial charge in [0.15, 0.2) is 6.10 Å². The lowest BCUT2D eigenvalue weighted by Gasteiger charge is -2.19. The number of carbonyl (C=O) groups is 1. The molecule has 3 N–H and O–H groups in total. The molecular weight excluding hydrogens is 267 g/mol. The second kappa shape index (κ2) is 5.26. The molecule has 0 saturated carbocycles. The maximum absolute atomic E-state index is 12.7. The molecule has 2 unspecified atom stereocenters. The summed E-state index contributed by atoms with van der Waals surface area (Å²) in [7, 11) is 0. The smallest absolute Gasteiger partial charge is 0.416 e. The first kappa shape index (κ1) is 14.9. The van der Waals surface area contributed by atoms with E-state index in [0.29, 0.717) is 6.07 Å². The van der Waals surface area contributed by atoms with Gasteiger partial charge >= 0.3 is 12.1 Å². The van der Waals surface area contributed by atoms with Crippen molar-refractivity contribution in [2.75, 3.05) is 0 Å². The fourth-order valence-electron chi connectivity index (χ4n) is 1.43. The Balaban J connectivity index is 3.36. The maximum atomic E-state index is 12.7. The topological polar surface area (TPSA) is 102 Å². The van der Waals surface area contributed by atoms with Crippen molar-refractivity contribution in [1.29, 1.82) is 5.26 Å². The highest BCUT2D eigenvalue weighted by atomic mass is 19.4. The molecule has 102 valence electrons. The third-order valence-corrected chi connectivity index (χ3v) is 2.36. The van der Waals surface area contributed by atoms with E-state index in [0.717, 1.165) is 12.1 Å². The minimum Gasteiger partial charge on any atom is -0.479 e. The number of aliphatic carboxylic acids is 1. The molecule has 1 aromatic rings. The number of carboxylic acid groups (broad SMARTS) is 1. The Morgan fingerprint density at radius 2 is 1.89 bits per heavy atom. The van der Waals surface area contributed by atoms with Crippen molar-refractivity contribution in [3.05, 3.63) is 34.9 Å². The predicted molar refractivity (Wildman–Crippen MR) is 54.8 cm³/mol. The molecule has 0 amide bonds. The fraction of sp³-hybridized carbons (Fsp3) is 0.273. The molecule has 2 atom stereocenters. The summed E-state index contributed by atoms with van der Waals surface area (Å²) >= 11 is 0. The highest BCUT2D eigenvalue weighted by Crippen LogP contribution is 2.36. The van der Waals surface area contributed by atoms with Gasteiger partial charge in [-0.25, -0.2) is 4.79 Å². The molecule has 0 aliphatic heterocycles. The monoisotopic (exact) mass is 275 g/mol. The van der Waals surface area contributed by atoms with E-state index >= 15 is 0 Å². The Labute approximate surface area is 105 Å². The Morgan fingerprint density at radius 3 is 2.32 bits per heavy atom. The Kier molecular flexibility index (Phi) is 4.14. The number of nitriles is 1. The zero-order chi connectivity index (χ0) is 14.8. The number of aliphatic hydroxyl groups is 2. The zero-order valence-electron chi connectivity index (χ0n) is 9.22. The van der Waals surface area contributed by atoms with Crippen LogP contribution in [-0.2, 0) is 11.0 Å². The molecule has 0 fully saturated rings. The summed E-state index contributed by atoms with van der Waals surface area (Å²) in [5.41, 5.74) is -2.46. The third kappa shape index (κ3) is 3.21. The van der Waals surface area contributed by atoms with Gasteiger partial charge in [-0.05, 0) is 17.7 Å². The van der Waals surface area contributed by atoms with Crippen molar-refractivity contribution < 1.29 is 33.3 Å². The molecular formula is C11H8F3NO4. The minimum absolute atomic E-state index is 0.298. The fourth-order valence-corrected chi connectivity index (χ4v) is 1.43. The largest absolute Gasteiger partial charge is 0.479 e. The van der Waals surface area contributed by atoms with Crippen molar-refractivity contribution in [1.82, 2.24) is 0 Å². The quantitative estimate of drug-likeness (QED) is 0.765. The van der Waals surface area contributed by atoms with Crippen LogP contribution in [0.3, 0.4) is 0 Å². The summed E-state index contributed by atoms with van der Waals surface area (Å²) in [6, 6.07) is 3.73. The predicted octanol–water partition coefficient (Wildman–Crippen LogP) is 1.06. The van der Waals surface area contributed by atoms with Gasteiger partial charge in [0.1, 0.15) is 6.10 Å². The van der Waals surface area contributed by atoms with Crippen LogP contribution in [0.25, 0.3) is 0 Å². The van der Waals surface area contributed by atoms with E-state index in [2.05, 4.69) is 0 Å². The Morgan fingerprint density at radius 1 is 1.32 bits per heavy atom. The summed E-state index contributed by atoms with van der Waals surface area (Å²) < 4.78 is 38.2. The first-order chi connectivity index (χ1) is 8.68. The zero-order valence-corrected chi connectivity index (χ0v) is 9.22. The van der Waals surface area contributed by atoms with Crippen LogP contribution in [0.1, 0.15) is 22.8 Å². The van der Waals surface area contributed by atoms with Crippen LogP contribution in [0.2, 0.25) is 0 Å². The van der Waals surface area contributed by atoms with Crippen molar-refractivity contribution in [2.24, 2.45) is 0 Å². The van der Waals surface area contributed by atoms with Crippen LogP contribution in [0.4, 0.5) is 13.2 Å². The lowest BCUT2D eigenvalue weighted by atomic mass is 9.96. The number of alkyl halides is 3. The second-order valence-corrected chi connectivity index (χ2v) is 3.64. The number of carboxylic acids is 1. The van der Waals surface area contributed by atoms with E-state index in [9.17, 15) is 23.1 Å². The molecule has 1 aromatic carbocycles. The van der Waals surface area contributed by atoms with Crippen LogP contribution in [-0.4, -0.2) is 27.4 Å². The van der Waals surface area contributed by atoms with Gasteiger partial charge in [-0.2, -0.15) is 18.4 Å². The first-order valence-electron chi connectivity index (χ1n) is 4.88. The highest BCUT2D eigenvalue weighted by Gasteiger charge is 2.38. The molecule has 19 heavy (non-hydrogen) atoms. The van der Waals surface area contributed by atoms with E-state index in [1.165, 1.54) is 6.07 Å². The SMILES string of the molecule is N#Cc1ccc(C(O)C(O)C(=O)O)c(C(F)(F)F)c1. The first-order valence-corrected chi connectivity index (χ1v) is 4.88. The number of aliphatic hydroxyl groups excluding tert-OH is 2. The molecule has 0 aliphatic rings. The summed E-state index contributed by atoms with van der Waals surface area (Å²) in [4.78, 5) is 10.5. The standard InChI is InChI=1S/C11H8F3NO4/c12-11(13,14)7-3-5(4-15)1-2-6(7)8(16)9(17)10(18)19/h1-3,8-9,16-17H,(H,18,19). The van der Waals surface area contributed by atoms with Gasteiger partial charge in [0, 0.05) is 0 Å². The summed E-state index contributed by atoms with van der Waals surface area (Å²) in [5, 5.41) is 35.5. The van der Waals surface area contributed by atoms with Crippen LogP contribution >= 0.6 is 0 Å². The summed E-state index contributed by atoms with van der Waals surface area (Å²) in [5.74, 6) is -1.86. The van der Waals surface area contributed by atoms with Crippen molar-refractivity contribution >= 4 is 5.97 Å². The highest BCUT2D eigenvalue weighted by molar-refractivity contribution is 5.73. The van der Waals surface area contributed by atoms with Gasteiger partial charge in [0.2, 0.25) is 0 Å². The summed E-state index contributed by atoms with van der Waals surface area (Å²) in [6.45, 7) is 0.